The summed E-state index contributed by atoms with van der Waals surface area (Å²) < 4.78 is 5.81. The van der Waals surface area contributed by atoms with Crippen LogP contribution in [0, 0.1) is 13.8 Å². The van der Waals surface area contributed by atoms with Crippen molar-refractivity contribution in [2.45, 2.75) is 27.7 Å². The number of thiophene rings is 1. The molecule has 0 aliphatic rings. The summed E-state index contributed by atoms with van der Waals surface area (Å²) in [6, 6.07) is 7.24. The second kappa shape index (κ2) is 7.43. The predicted octanol–water partition coefficient (Wildman–Crippen LogP) is 5.89. The second-order valence-electron chi connectivity index (χ2n) is 5.51. The topological polar surface area (TPSA) is 77.8 Å². The maximum absolute atomic E-state index is 6.33. The number of aryl methyl sites for hydroxylation is 2. The predicted molar refractivity (Wildman–Crippen MR) is 109 cm³/mol. The molecule has 5 nitrogen and oxygen atoms in total. The van der Waals surface area contributed by atoms with E-state index in [9.17, 15) is 0 Å². The third-order valence-electron chi connectivity index (χ3n) is 3.98. The van der Waals surface area contributed by atoms with E-state index in [2.05, 4.69) is 15.2 Å². The van der Waals surface area contributed by atoms with E-state index < -0.39 is 0 Å². The average molecular weight is 387 g/mol. The summed E-state index contributed by atoms with van der Waals surface area (Å²) in [6.45, 7) is 8.06. The van der Waals surface area contributed by atoms with E-state index >= 15 is 0 Å². The molecular formula is C19H19ClN4OS. The van der Waals surface area contributed by atoms with Crippen LogP contribution in [-0.4, -0.2) is 15.2 Å². The highest BCUT2D eigenvalue weighted by molar-refractivity contribution is 7.22. The van der Waals surface area contributed by atoms with Crippen LogP contribution < -0.4 is 5.73 Å². The number of hydrogen-bond donors (Lipinski definition) is 1. The molecule has 0 unspecified atom stereocenters. The van der Waals surface area contributed by atoms with Crippen LogP contribution in [0.25, 0.3) is 32.4 Å². The third-order valence-corrected chi connectivity index (χ3v) is 5.33. The summed E-state index contributed by atoms with van der Waals surface area (Å²) >= 11 is 7.36. The van der Waals surface area contributed by atoms with Gasteiger partial charge in [-0.3, -0.25) is 0 Å². The highest BCUT2D eigenvalue weighted by Gasteiger charge is 2.20. The first kappa shape index (κ1) is 18.4. The Balaban J connectivity index is 0.000000948. The molecule has 4 aromatic rings. The van der Waals surface area contributed by atoms with Gasteiger partial charge >= 0.3 is 0 Å². The number of nitrogen functional groups attached to an aromatic ring is 1. The molecule has 134 valence electrons. The molecule has 3 aromatic heterocycles. The fourth-order valence-corrected chi connectivity index (χ4v) is 3.69. The van der Waals surface area contributed by atoms with Gasteiger partial charge in [0.2, 0.25) is 5.89 Å². The fraction of sp³-hybridized carbons (Fsp3) is 0.211. The molecule has 0 saturated heterocycles. The monoisotopic (exact) mass is 386 g/mol. The molecule has 2 N–H and O–H groups in total. The van der Waals surface area contributed by atoms with Crippen molar-refractivity contribution in [3.05, 3.63) is 46.6 Å². The first-order valence-corrected chi connectivity index (χ1v) is 9.48. The Bertz CT molecular complexity index is 1050. The number of anilines is 1. The number of aromatic nitrogens is 3. The van der Waals surface area contributed by atoms with E-state index in [1.165, 1.54) is 11.3 Å². The number of nitrogens with zero attached hydrogens (tertiary/aromatic N) is 3. The Kier molecular flexibility index (Phi) is 5.25. The van der Waals surface area contributed by atoms with E-state index in [1.54, 1.807) is 12.1 Å². The molecule has 0 amide bonds. The summed E-state index contributed by atoms with van der Waals surface area (Å²) in [5.41, 5.74) is 10.0. The van der Waals surface area contributed by atoms with Crippen molar-refractivity contribution in [2.75, 3.05) is 5.73 Å². The molecule has 0 bridgehead atoms. The van der Waals surface area contributed by atoms with Crippen molar-refractivity contribution in [3.8, 4) is 22.2 Å². The minimum atomic E-state index is 0.400. The molecule has 0 radical (unpaired) electrons. The van der Waals surface area contributed by atoms with Gasteiger partial charge in [0.05, 0.1) is 5.69 Å². The van der Waals surface area contributed by atoms with Crippen molar-refractivity contribution in [3.63, 3.8) is 0 Å². The van der Waals surface area contributed by atoms with Gasteiger partial charge in [-0.15, -0.1) is 21.5 Å². The molecule has 0 aliphatic carbocycles. The van der Waals surface area contributed by atoms with Crippen LogP contribution in [0.2, 0.25) is 5.02 Å². The molecule has 1 aromatic carbocycles. The summed E-state index contributed by atoms with van der Waals surface area (Å²) in [5.74, 6) is 0.830. The molecule has 0 saturated carbocycles. The SMILES string of the molecule is CC.Cc1cnc2sc(-c3nnc(-c4ccc(Cl)cc4)o3)c(N)c2c1C. The zero-order valence-electron chi connectivity index (χ0n) is 15.0. The van der Waals surface area contributed by atoms with Crippen LogP contribution in [0.1, 0.15) is 25.0 Å². The number of pyridine rings is 1. The number of benzene rings is 1. The van der Waals surface area contributed by atoms with E-state index in [0.29, 0.717) is 22.5 Å². The van der Waals surface area contributed by atoms with Crippen molar-refractivity contribution >= 4 is 38.8 Å². The highest BCUT2D eigenvalue weighted by Crippen LogP contribution is 2.41. The lowest BCUT2D eigenvalue weighted by atomic mass is 10.1. The van der Waals surface area contributed by atoms with Gasteiger partial charge < -0.3 is 10.2 Å². The lowest BCUT2D eigenvalue weighted by Gasteiger charge is -2.01. The van der Waals surface area contributed by atoms with E-state index in [1.807, 2.05) is 46.0 Å². The summed E-state index contributed by atoms with van der Waals surface area (Å²) in [4.78, 5) is 6.08. The molecular weight excluding hydrogens is 368 g/mol. The van der Waals surface area contributed by atoms with Gasteiger partial charge in [0.15, 0.2) is 0 Å². The largest absolute Gasteiger partial charge is 0.415 e. The smallest absolute Gasteiger partial charge is 0.260 e. The van der Waals surface area contributed by atoms with Gasteiger partial charge in [-0.25, -0.2) is 4.98 Å². The van der Waals surface area contributed by atoms with Gasteiger partial charge in [0.25, 0.3) is 5.89 Å². The number of rotatable bonds is 2. The van der Waals surface area contributed by atoms with Crippen LogP contribution >= 0.6 is 22.9 Å². The first-order valence-electron chi connectivity index (χ1n) is 8.28. The van der Waals surface area contributed by atoms with Crippen LogP contribution in [0.3, 0.4) is 0 Å². The Morgan fingerprint density at radius 2 is 1.69 bits per heavy atom. The third kappa shape index (κ3) is 3.18. The van der Waals surface area contributed by atoms with Crippen molar-refractivity contribution < 1.29 is 4.42 Å². The Morgan fingerprint density at radius 1 is 1.04 bits per heavy atom. The van der Waals surface area contributed by atoms with Crippen LogP contribution in [0.4, 0.5) is 5.69 Å². The van der Waals surface area contributed by atoms with Gasteiger partial charge in [0.1, 0.15) is 9.71 Å². The van der Waals surface area contributed by atoms with Gasteiger partial charge in [0, 0.05) is 22.2 Å². The van der Waals surface area contributed by atoms with Gasteiger partial charge in [-0.1, -0.05) is 25.4 Å². The maximum atomic E-state index is 6.33. The van der Waals surface area contributed by atoms with E-state index in [-0.39, 0.29) is 0 Å². The van der Waals surface area contributed by atoms with Crippen LogP contribution in [0.15, 0.2) is 34.9 Å². The summed E-state index contributed by atoms with van der Waals surface area (Å²) in [7, 11) is 0. The molecule has 4 rings (SSSR count). The first-order chi connectivity index (χ1) is 12.5. The lowest BCUT2D eigenvalue weighted by molar-refractivity contribution is 0.586. The van der Waals surface area contributed by atoms with Gasteiger partial charge in [-0.2, -0.15) is 0 Å². The quantitative estimate of drug-likeness (QED) is 0.464. The molecule has 0 aliphatic heterocycles. The Labute approximate surface area is 160 Å². The Morgan fingerprint density at radius 3 is 2.38 bits per heavy atom. The minimum Gasteiger partial charge on any atom is -0.415 e. The fourth-order valence-electron chi connectivity index (χ4n) is 2.52. The standard InChI is InChI=1S/C17H13ClN4OS.C2H6/c1-8-7-20-17-12(9(8)2)13(19)14(24-17)16-22-21-15(23-16)10-3-5-11(18)6-4-10;1-2/h3-7H,19H2,1-2H3;1-2H3. The number of halogens is 1. The summed E-state index contributed by atoms with van der Waals surface area (Å²) in [5, 5.41) is 9.88. The molecule has 26 heavy (non-hydrogen) atoms. The molecule has 3 heterocycles. The lowest BCUT2D eigenvalue weighted by Crippen LogP contribution is -1.90. The van der Waals surface area contributed by atoms with Gasteiger partial charge in [-0.05, 0) is 49.2 Å². The van der Waals surface area contributed by atoms with Crippen molar-refractivity contribution in [2.24, 2.45) is 0 Å². The van der Waals surface area contributed by atoms with Crippen molar-refractivity contribution in [1.82, 2.24) is 15.2 Å². The zero-order valence-corrected chi connectivity index (χ0v) is 16.6. The number of fused-ring (bicyclic) bond motifs is 1. The number of hydrogen-bond acceptors (Lipinski definition) is 6. The zero-order chi connectivity index (χ0) is 18.8. The molecule has 7 heteroatoms. The molecule has 0 spiro atoms. The average Bonchev–Trinajstić information content (AvgIpc) is 3.26. The molecule has 0 atom stereocenters. The molecule has 0 fully saturated rings. The Hall–Kier alpha value is -2.44. The van der Waals surface area contributed by atoms with Crippen LogP contribution in [-0.2, 0) is 0 Å². The summed E-state index contributed by atoms with van der Waals surface area (Å²) in [6.07, 6.45) is 1.85. The van der Waals surface area contributed by atoms with E-state index in [4.69, 9.17) is 21.8 Å². The van der Waals surface area contributed by atoms with Crippen molar-refractivity contribution in [1.29, 1.82) is 0 Å². The minimum absolute atomic E-state index is 0.400. The number of nitrogens with two attached hydrogens (primary N) is 1. The van der Waals surface area contributed by atoms with Crippen LogP contribution in [0.5, 0.6) is 0 Å². The highest BCUT2D eigenvalue weighted by atomic mass is 35.5. The van der Waals surface area contributed by atoms with E-state index in [0.717, 1.165) is 31.8 Å². The normalized spacial score (nSPS) is 10.7. The maximum Gasteiger partial charge on any atom is 0.260 e. The second-order valence-corrected chi connectivity index (χ2v) is 6.95.